The maximum atomic E-state index is 8.44. The SMILES string of the molecule is Cl.N=C(N)N.O=C([O-])O.[Na+]. The predicted octanol–water partition coefficient (Wildman–Crippen LogP) is -4.85. The molecule has 6 N–H and O–H groups in total. The zero-order valence-corrected chi connectivity index (χ0v) is 8.14. The summed E-state index contributed by atoms with van der Waals surface area (Å²) in [6, 6.07) is 0. The maximum absolute atomic E-state index is 8.44. The molecule has 0 spiro atoms. The van der Waals surface area contributed by atoms with Gasteiger partial charge in [-0.15, -0.1) is 12.4 Å². The minimum absolute atomic E-state index is 0. The average Bonchev–Trinajstić information content (AvgIpc) is 1.25. The van der Waals surface area contributed by atoms with Crippen molar-refractivity contribution in [2.24, 2.45) is 11.5 Å². The molecule has 0 aliphatic carbocycles. The molecular weight excluding hydrogens is 172 g/mol. The second-order valence-corrected chi connectivity index (χ2v) is 0.721. The summed E-state index contributed by atoms with van der Waals surface area (Å²) in [5.41, 5.74) is 8.94. The first-order valence-corrected chi connectivity index (χ1v) is 1.46. The van der Waals surface area contributed by atoms with E-state index in [1.165, 1.54) is 0 Å². The molecule has 0 aliphatic rings. The molecule has 0 radical (unpaired) electrons. The number of hydrogen-bond donors (Lipinski definition) is 4. The minimum atomic E-state index is -2.08. The van der Waals surface area contributed by atoms with Gasteiger partial charge in [0, 0.05) is 0 Å². The molecular formula is C2H7ClN3NaO3. The molecule has 0 rings (SSSR count). The number of carbonyl (C=O) groups is 1. The molecule has 0 bridgehead atoms. The summed E-state index contributed by atoms with van der Waals surface area (Å²) in [7, 11) is 0. The Morgan fingerprint density at radius 2 is 1.50 bits per heavy atom. The number of carboxylic acid groups (broad SMARTS) is 2. The van der Waals surface area contributed by atoms with E-state index in [4.69, 9.17) is 20.4 Å². The maximum Gasteiger partial charge on any atom is 1.00 e. The summed E-state index contributed by atoms with van der Waals surface area (Å²) < 4.78 is 0. The topological polar surface area (TPSA) is 136 Å². The monoisotopic (exact) mass is 179 g/mol. The van der Waals surface area contributed by atoms with Gasteiger partial charge in [0.25, 0.3) is 0 Å². The van der Waals surface area contributed by atoms with Gasteiger partial charge in [-0.1, -0.05) is 0 Å². The van der Waals surface area contributed by atoms with Gasteiger partial charge in [-0.2, -0.15) is 0 Å². The molecule has 0 aliphatic heterocycles. The number of halogens is 1. The second kappa shape index (κ2) is 15.9. The van der Waals surface area contributed by atoms with E-state index in [0.717, 1.165) is 0 Å². The Bertz CT molecular complexity index is 79.7. The third-order valence-corrected chi connectivity index (χ3v) is 0. The van der Waals surface area contributed by atoms with E-state index in [1.807, 2.05) is 0 Å². The van der Waals surface area contributed by atoms with Crippen LogP contribution in [0, 0.1) is 5.41 Å². The molecule has 0 aromatic rings. The van der Waals surface area contributed by atoms with Crippen molar-refractivity contribution in [1.29, 1.82) is 5.41 Å². The largest absolute Gasteiger partial charge is 1.00 e. The summed E-state index contributed by atoms with van der Waals surface area (Å²) in [5, 5.41) is 21.4. The van der Waals surface area contributed by atoms with Crippen LogP contribution in [0.2, 0.25) is 0 Å². The predicted molar refractivity (Wildman–Crippen MR) is 31.4 cm³/mol. The van der Waals surface area contributed by atoms with Crippen LogP contribution >= 0.6 is 12.4 Å². The fourth-order valence-electron chi connectivity index (χ4n) is 0. The van der Waals surface area contributed by atoms with Gasteiger partial charge >= 0.3 is 29.6 Å². The fraction of sp³-hybridized carbons (Fsp3) is 0. The van der Waals surface area contributed by atoms with Crippen molar-refractivity contribution in [3.05, 3.63) is 0 Å². The molecule has 0 aromatic carbocycles. The van der Waals surface area contributed by atoms with E-state index in [2.05, 4.69) is 11.5 Å². The Hall–Kier alpha value is -0.170. The van der Waals surface area contributed by atoms with Gasteiger partial charge < -0.3 is 26.5 Å². The summed E-state index contributed by atoms with van der Waals surface area (Å²) in [5.74, 6) is -0.333. The number of rotatable bonds is 0. The van der Waals surface area contributed by atoms with Crippen LogP contribution < -0.4 is 46.1 Å². The van der Waals surface area contributed by atoms with Gasteiger partial charge in [0.2, 0.25) is 6.16 Å². The Kier molecular flexibility index (Phi) is 35.9. The van der Waals surface area contributed by atoms with Crippen LogP contribution in [0.4, 0.5) is 4.79 Å². The molecule has 8 heteroatoms. The minimum Gasteiger partial charge on any atom is -0.565 e. The van der Waals surface area contributed by atoms with Crippen LogP contribution in [-0.4, -0.2) is 17.2 Å². The Morgan fingerprint density at radius 3 is 1.50 bits per heavy atom. The third kappa shape index (κ3) is 12600. The molecule has 10 heavy (non-hydrogen) atoms. The van der Waals surface area contributed by atoms with E-state index >= 15 is 0 Å². The standard InChI is InChI=1S/CH5N3.CH2O3.ClH.Na/c2*2-1(3)4;;/h(H5,2,3,4);(H2,2,3,4);1H;/q;;;+1/p-1. The molecule has 0 heterocycles. The van der Waals surface area contributed by atoms with E-state index < -0.39 is 6.16 Å². The normalized spacial score (nSPS) is 4.80. The number of hydrogen-bond acceptors (Lipinski definition) is 3. The van der Waals surface area contributed by atoms with Crippen molar-refractivity contribution < 1.29 is 44.6 Å². The number of guanidine groups is 1. The zero-order valence-electron chi connectivity index (χ0n) is 5.33. The van der Waals surface area contributed by atoms with E-state index in [9.17, 15) is 0 Å². The van der Waals surface area contributed by atoms with Crippen molar-refractivity contribution in [1.82, 2.24) is 0 Å². The zero-order chi connectivity index (χ0) is 7.15. The molecule has 0 unspecified atom stereocenters. The summed E-state index contributed by atoms with van der Waals surface area (Å²) in [6.45, 7) is 0. The van der Waals surface area contributed by atoms with Gasteiger partial charge in [0.15, 0.2) is 5.96 Å². The molecule has 0 amide bonds. The first-order valence-electron chi connectivity index (χ1n) is 1.46. The van der Waals surface area contributed by atoms with Crippen LogP contribution in [0.1, 0.15) is 0 Å². The van der Waals surface area contributed by atoms with Crippen LogP contribution in [0.3, 0.4) is 0 Å². The van der Waals surface area contributed by atoms with Gasteiger partial charge in [0.05, 0.1) is 0 Å². The first kappa shape index (κ1) is 22.5. The van der Waals surface area contributed by atoms with Crippen molar-refractivity contribution in [3.63, 3.8) is 0 Å². The first-order chi connectivity index (χ1) is 3.46. The van der Waals surface area contributed by atoms with E-state index in [0.29, 0.717) is 0 Å². The van der Waals surface area contributed by atoms with Crippen LogP contribution in [0.5, 0.6) is 0 Å². The molecule has 0 aromatic heterocycles. The second-order valence-electron chi connectivity index (χ2n) is 0.721. The number of nitrogens with one attached hydrogen (secondary N) is 1. The molecule has 0 fully saturated rings. The molecule has 0 saturated heterocycles. The third-order valence-electron chi connectivity index (χ3n) is 0. The van der Waals surface area contributed by atoms with Gasteiger partial charge in [0.1, 0.15) is 0 Å². The molecule has 56 valence electrons. The van der Waals surface area contributed by atoms with Gasteiger partial charge in [-0.3, -0.25) is 5.41 Å². The van der Waals surface area contributed by atoms with E-state index in [1.54, 1.807) is 0 Å². The molecule has 0 saturated carbocycles. The van der Waals surface area contributed by atoms with Crippen molar-refractivity contribution >= 4 is 24.5 Å². The van der Waals surface area contributed by atoms with Crippen LogP contribution in [0.25, 0.3) is 0 Å². The number of nitrogens with two attached hydrogens (primary N) is 2. The summed E-state index contributed by atoms with van der Waals surface area (Å²) >= 11 is 0. The van der Waals surface area contributed by atoms with E-state index in [-0.39, 0.29) is 47.9 Å². The molecule has 6 nitrogen and oxygen atoms in total. The van der Waals surface area contributed by atoms with Gasteiger partial charge in [-0.05, 0) is 0 Å². The smallest absolute Gasteiger partial charge is 0.565 e. The van der Waals surface area contributed by atoms with Crippen molar-refractivity contribution in [2.45, 2.75) is 0 Å². The Labute approximate surface area is 85.8 Å². The Morgan fingerprint density at radius 1 is 1.50 bits per heavy atom. The fourth-order valence-corrected chi connectivity index (χ4v) is 0. The quantitative estimate of drug-likeness (QED) is 0.168. The Balaban J connectivity index is -0.0000000300. The summed E-state index contributed by atoms with van der Waals surface area (Å²) in [4.78, 5) is 8.44. The van der Waals surface area contributed by atoms with Crippen LogP contribution in [-0.2, 0) is 0 Å². The van der Waals surface area contributed by atoms with Crippen molar-refractivity contribution in [2.75, 3.05) is 0 Å². The van der Waals surface area contributed by atoms with Crippen molar-refractivity contribution in [3.8, 4) is 0 Å². The summed E-state index contributed by atoms with van der Waals surface area (Å²) in [6.07, 6.45) is -2.08. The average molecular weight is 180 g/mol. The van der Waals surface area contributed by atoms with Gasteiger partial charge in [-0.25, -0.2) is 0 Å². The van der Waals surface area contributed by atoms with Crippen LogP contribution in [0.15, 0.2) is 0 Å². The molecule has 0 atom stereocenters.